The van der Waals surface area contributed by atoms with E-state index in [0.717, 1.165) is 12.8 Å². The van der Waals surface area contributed by atoms with Crippen molar-refractivity contribution >= 4 is 11.9 Å². The number of carbonyl (C=O) groups is 2. The summed E-state index contributed by atoms with van der Waals surface area (Å²) in [6.45, 7) is 1.97. The maximum Gasteiger partial charge on any atom is 0.311 e. The zero-order valence-electron chi connectivity index (χ0n) is 11.6. The molecule has 0 radical (unpaired) electrons. The van der Waals surface area contributed by atoms with Crippen LogP contribution in [0.3, 0.4) is 0 Å². The van der Waals surface area contributed by atoms with Gasteiger partial charge in [0.05, 0.1) is 17.9 Å². The third kappa shape index (κ3) is 3.91. The van der Waals surface area contributed by atoms with Gasteiger partial charge >= 0.3 is 5.97 Å². The molecule has 6 heteroatoms. The lowest BCUT2D eigenvalue weighted by Gasteiger charge is -2.38. The second kappa shape index (κ2) is 6.86. The lowest BCUT2D eigenvalue weighted by molar-refractivity contribution is -0.152. The SMILES string of the molecule is COC(CN)CC(=O)NC1CCCCC1(C)C(=O)O. The summed E-state index contributed by atoms with van der Waals surface area (Å²) >= 11 is 0. The minimum Gasteiger partial charge on any atom is -0.481 e. The Bertz CT molecular complexity index is 331. The first-order valence-corrected chi connectivity index (χ1v) is 6.69. The first-order chi connectivity index (χ1) is 8.93. The summed E-state index contributed by atoms with van der Waals surface area (Å²) in [6.07, 6.45) is 2.97. The van der Waals surface area contributed by atoms with Gasteiger partial charge < -0.3 is 20.9 Å². The molecule has 0 saturated heterocycles. The van der Waals surface area contributed by atoms with Crippen LogP contribution in [0, 0.1) is 5.41 Å². The van der Waals surface area contributed by atoms with E-state index in [-0.39, 0.29) is 31.0 Å². The summed E-state index contributed by atoms with van der Waals surface area (Å²) in [5.41, 5.74) is 4.59. The number of nitrogens with one attached hydrogen (secondary N) is 1. The molecule has 0 spiro atoms. The maximum absolute atomic E-state index is 11.9. The summed E-state index contributed by atoms with van der Waals surface area (Å²) in [4.78, 5) is 23.3. The number of ether oxygens (including phenoxy) is 1. The molecule has 0 aromatic carbocycles. The van der Waals surface area contributed by atoms with E-state index >= 15 is 0 Å². The van der Waals surface area contributed by atoms with Gasteiger partial charge in [-0.1, -0.05) is 12.8 Å². The van der Waals surface area contributed by atoms with Gasteiger partial charge in [-0.05, 0) is 19.8 Å². The molecule has 0 aromatic rings. The number of hydrogen-bond donors (Lipinski definition) is 3. The van der Waals surface area contributed by atoms with Gasteiger partial charge in [0.1, 0.15) is 0 Å². The number of amides is 1. The van der Waals surface area contributed by atoms with Gasteiger partial charge in [-0.2, -0.15) is 0 Å². The summed E-state index contributed by atoms with van der Waals surface area (Å²) in [5.74, 6) is -1.05. The van der Waals surface area contributed by atoms with Crippen molar-refractivity contribution in [1.82, 2.24) is 5.32 Å². The van der Waals surface area contributed by atoms with Crippen molar-refractivity contribution in [3.05, 3.63) is 0 Å². The number of rotatable bonds is 6. The Hall–Kier alpha value is -1.14. The standard InChI is InChI=1S/C13H24N2O4/c1-13(12(17)18)6-4-3-5-10(13)15-11(16)7-9(8-14)19-2/h9-10H,3-8,14H2,1-2H3,(H,15,16)(H,17,18). The van der Waals surface area contributed by atoms with Gasteiger partial charge in [-0.3, -0.25) is 9.59 Å². The van der Waals surface area contributed by atoms with Crippen LogP contribution in [-0.2, 0) is 14.3 Å². The fourth-order valence-electron chi connectivity index (χ4n) is 2.54. The van der Waals surface area contributed by atoms with E-state index in [2.05, 4.69) is 5.32 Å². The molecule has 6 nitrogen and oxygen atoms in total. The maximum atomic E-state index is 11.9. The predicted octanol–water partition coefficient (Wildman–Crippen LogP) is 0.500. The Morgan fingerprint density at radius 2 is 2.21 bits per heavy atom. The second-order valence-electron chi connectivity index (χ2n) is 5.39. The van der Waals surface area contributed by atoms with Crippen LogP contribution in [0.2, 0.25) is 0 Å². The number of nitrogens with two attached hydrogens (primary N) is 1. The molecule has 0 aromatic heterocycles. The van der Waals surface area contributed by atoms with Crippen molar-refractivity contribution in [3.63, 3.8) is 0 Å². The van der Waals surface area contributed by atoms with Gasteiger partial charge in [-0.15, -0.1) is 0 Å². The van der Waals surface area contributed by atoms with Crippen LogP contribution < -0.4 is 11.1 Å². The summed E-state index contributed by atoms with van der Waals surface area (Å²) in [7, 11) is 1.51. The van der Waals surface area contributed by atoms with E-state index in [1.165, 1.54) is 7.11 Å². The Morgan fingerprint density at radius 3 is 2.74 bits per heavy atom. The van der Waals surface area contributed by atoms with Crippen LogP contribution in [0.25, 0.3) is 0 Å². The molecule has 3 atom stereocenters. The Balaban J connectivity index is 2.63. The van der Waals surface area contributed by atoms with Gasteiger partial charge in [0.2, 0.25) is 5.91 Å². The molecule has 1 rings (SSSR count). The average molecular weight is 272 g/mol. The van der Waals surface area contributed by atoms with E-state index in [4.69, 9.17) is 10.5 Å². The van der Waals surface area contributed by atoms with Crippen molar-refractivity contribution in [3.8, 4) is 0 Å². The summed E-state index contributed by atoms with van der Waals surface area (Å²) in [6, 6.07) is -0.318. The third-order valence-corrected chi connectivity index (χ3v) is 4.04. The molecule has 4 N–H and O–H groups in total. The molecular weight excluding hydrogens is 248 g/mol. The fraction of sp³-hybridized carbons (Fsp3) is 0.846. The Morgan fingerprint density at radius 1 is 1.53 bits per heavy atom. The van der Waals surface area contributed by atoms with Crippen molar-refractivity contribution < 1.29 is 19.4 Å². The molecule has 0 heterocycles. The number of carboxylic acids is 1. The number of carboxylic acid groups (broad SMARTS) is 1. The monoisotopic (exact) mass is 272 g/mol. The molecular formula is C13H24N2O4. The number of hydrogen-bond acceptors (Lipinski definition) is 4. The predicted molar refractivity (Wildman–Crippen MR) is 70.6 cm³/mol. The van der Waals surface area contributed by atoms with E-state index in [1.54, 1.807) is 6.92 Å². The van der Waals surface area contributed by atoms with E-state index in [9.17, 15) is 14.7 Å². The van der Waals surface area contributed by atoms with Gasteiger partial charge in [0.15, 0.2) is 0 Å². The highest BCUT2D eigenvalue weighted by Crippen LogP contribution is 2.36. The largest absolute Gasteiger partial charge is 0.481 e. The van der Waals surface area contributed by atoms with Gasteiger partial charge in [-0.25, -0.2) is 0 Å². The molecule has 1 saturated carbocycles. The average Bonchev–Trinajstić information content (AvgIpc) is 2.38. The third-order valence-electron chi connectivity index (χ3n) is 4.04. The molecule has 1 fully saturated rings. The summed E-state index contributed by atoms with van der Waals surface area (Å²) < 4.78 is 5.06. The first kappa shape index (κ1) is 15.9. The minimum atomic E-state index is -0.876. The molecule has 0 aliphatic heterocycles. The normalized spacial score (nSPS) is 28.7. The van der Waals surface area contributed by atoms with Crippen LogP contribution in [0.15, 0.2) is 0 Å². The highest BCUT2D eigenvalue weighted by atomic mass is 16.5. The molecule has 110 valence electrons. The number of aliphatic carboxylic acids is 1. The van der Waals surface area contributed by atoms with Crippen LogP contribution in [0.1, 0.15) is 39.0 Å². The van der Waals surface area contributed by atoms with Crippen molar-refractivity contribution in [2.45, 2.75) is 51.2 Å². The zero-order valence-corrected chi connectivity index (χ0v) is 11.6. The van der Waals surface area contributed by atoms with Gasteiger partial charge in [0, 0.05) is 19.7 Å². The van der Waals surface area contributed by atoms with Crippen LogP contribution >= 0.6 is 0 Å². The van der Waals surface area contributed by atoms with Gasteiger partial charge in [0.25, 0.3) is 0 Å². The molecule has 0 bridgehead atoms. The fourth-order valence-corrected chi connectivity index (χ4v) is 2.54. The van der Waals surface area contributed by atoms with Crippen molar-refractivity contribution in [2.75, 3.05) is 13.7 Å². The Labute approximate surface area is 113 Å². The van der Waals surface area contributed by atoms with Crippen LogP contribution in [0.5, 0.6) is 0 Å². The van der Waals surface area contributed by atoms with Crippen LogP contribution in [-0.4, -0.2) is 42.8 Å². The number of methoxy groups -OCH3 is 1. The number of carbonyl (C=O) groups excluding carboxylic acids is 1. The minimum absolute atomic E-state index is 0.166. The molecule has 19 heavy (non-hydrogen) atoms. The second-order valence-corrected chi connectivity index (χ2v) is 5.39. The van der Waals surface area contributed by atoms with E-state index in [0.29, 0.717) is 12.8 Å². The smallest absolute Gasteiger partial charge is 0.311 e. The Kier molecular flexibility index (Phi) is 5.75. The van der Waals surface area contributed by atoms with Crippen molar-refractivity contribution in [1.29, 1.82) is 0 Å². The zero-order chi connectivity index (χ0) is 14.5. The highest BCUT2D eigenvalue weighted by molar-refractivity contribution is 5.80. The van der Waals surface area contributed by atoms with Crippen LogP contribution in [0.4, 0.5) is 0 Å². The molecule has 1 amide bonds. The van der Waals surface area contributed by atoms with E-state index in [1.807, 2.05) is 0 Å². The first-order valence-electron chi connectivity index (χ1n) is 6.69. The van der Waals surface area contributed by atoms with E-state index < -0.39 is 11.4 Å². The lowest BCUT2D eigenvalue weighted by atomic mass is 9.71. The molecule has 1 aliphatic carbocycles. The highest BCUT2D eigenvalue weighted by Gasteiger charge is 2.43. The summed E-state index contributed by atoms with van der Waals surface area (Å²) in [5, 5.41) is 12.2. The molecule has 3 unspecified atom stereocenters. The quantitative estimate of drug-likeness (QED) is 0.653. The topological polar surface area (TPSA) is 102 Å². The van der Waals surface area contributed by atoms with Crippen molar-refractivity contribution in [2.24, 2.45) is 11.1 Å². The molecule has 1 aliphatic rings. The lowest BCUT2D eigenvalue weighted by Crippen LogP contribution is -2.52.